The van der Waals surface area contributed by atoms with Gasteiger partial charge in [0.25, 0.3) is 0 Å². The smallest absolute Gasteiger partial charge is 0.0765 e. The number of hydrogen-bond donors (Lipinski definition) is 1. The van der Waals surface area contributed by atoms with Crippen molar-refractivity contribution in [1.82, 2.24) is 4.90 Å². The Labute approximate surface area is 90.0 Å². The first kappa shape index (κ1) is 11.7. The molecule has 1 spiro atoms. The van der Waals surface area contributed by atoms with Crippen LogP contribution >= 0.6 is 23.5 Å². The van der Waals surface area contributed by atoms with Crippen molar-refractivity contribution >= 4 is 23.5 Å². The van der Waals surface area contributed by atoms with E-state index < -0.39 is 0 Å². The van der Waals surface area contributed by atoms with E-state index in [-0.39, 0.29) is 0 Å². The van der Waals surface area contributed by atoms with Crippen LogP contribution in [0, 0.1) is 0 Å². The number of thioether (sulfide) groups is 2. The van der Waals surface area contributed by atoms with Crippen LogP contribution in [0.4, 0.5) is 0 Å². The maximum atomic E-state index is 5.93. The molecule has 2 aliphatic heterocycles. The SMILES string of the molecule is CC.CN1CC2(CC1N)SCCS2. The summed E-state index contributed by atoms with van der Waals surface area (Å²) in [6, 6.07) is 0. The van der Waals surface area contributed by atoms with Gasteiger partial charge in [0.15, 0.2) is 0 Å². The number of hydrogen-bond acceptors (Lipinski definition) is 4. The van der Waals surface area contributed by atoms with Gasteiger partial charge < -0.3 is 5.73 Å². The largest absolute Gasteiger partial charge is 0.316 e. The van der Waals surface area contributed by atoms with Gasteiger partial charge in [0, 0.05) is 24.5 Å². The normalized spacial score (nSPS) is 31.8. The highest BCUT2D eigenvalue weighted by molar-refractivity contribution is 8.21. The summed E-state index contributed by atoms with van der Waals surface area (Å²) in [6.45, 7) is 5.17. The van der Waals surface area contributed by atoms with Crippen LogP contribution in [0.25, 0.3) is 0 Å². The zero-order valence-corrected chi connectivity index (χ0v) is 10.4. The van der Waals surface area contributed by atoms with Crippen LogP contribution in [0.5, 0.6) is 0 Å². The molecule has 78 valence electrons. The minimum absolute atomic E-state index is 0.299. The second kappa shape index (κ2) is 4.91. The van der Waals surface area contributed by atoms with Crippen molar-refractivity contribution in [1.29, 1.82) is 0 Å². The second-order valence-corrected chi connectivity index (χ2v) is 6.51. The van der Waals surface area contributed by atoms with E-state index in [2.05, 4.69) is 35.5 Å². The molecule has 4 heteroatoms. The topological polar surface area (TPSA) is 29.3 Å². The molecule has 0 aromatic carbocycles. The third-order valence-electron chi connectivity index (χ3n) is 2.39. The Morgan fingerprint density at radius 3 is 2.23 bits per heavy atom. The summed E-state index contributed by atoms with van der Waals surface area (Å²) in [5.41, 5.74) is 5.93. The van der Waals surface area contributed by atoms with Crippen molar-refractivity contribution in [2.75, 3.05) is 25.1 Å². The Morgan fingerprint density at radius 2 is 1.85 bits per heavy atom. The van der Waals surface area contributed by atoms with Gasteiger partial charge in [0.1, 0.15) is 0 Å². The van der Waals surface area contributed by atoms with Crippen LogP contribution < -0.4 is 5.73 Å². The molecule has 0 bridgehead atoms. The molecule has 1 unspecified atom stereocenters. The highest BCUT2D eigenvalue weighted by Gasteiger charge is 2.44. The Bertz CT molecular complexity index is 146. The fourth-order valence-corrected chi connectivity index (χ4v) is 5.15. The van der Waals surface area contributed by atoms with Gasteiger partial charge >= 0.3 is 0 Å². The minimum Gasteiger partial charge on any atom is -0.316 e. The maximum absolute atomic E-state index is 5.93. The van der Waals surface area contributed by atoms with Crippen LogP contribution in [-0.2, 0) is 0 Å². The van der Waals surface area contributed by atoms with Crippen molar-refractivity contribution in [3.05, 3.63) is 0 Å². The number of nitrogens with two attached hydrogens (primary N) is 1. The van der Waals surface area contributed by atoms with Gasteiger partial charge in [-0.3, -0.25) is 4.90 Å². The standard InChI is InChI=1S/C7H14N2S2.C2H6/c1-9-5-7(4-6(9)8)10-2-3-11-7;1-2/h6H,2-5,8H2,1H3;1-2H3. The highest BCUT2D eigenvalue weighted by Crippen LogP contribution is 2.50. The average molecular weight is 220 g/mol. The molecular formula is C9H20N2S2. The molecule has 0 saturated carbocycles. The van der Waals surface area contributed by atoms with E-state index in [0.29, 0.717) is 10.2 Å². The first-order chi connectivity index (χ1) is 6.22. The van der Waals surface area contributed by atoms with Gasteiger partial charge in [-0.05, 0) is 7.05 Å². The maximum Gasteiger partial charge on any atom is 0.0765 e. The highest BCUT2D eigenvalue weighted by atomic mass is 32.2. The molecule has 0 amide bonds. The van der Waals surface area contributed by atoms with Crippen LogP contribution in [-0.4, -0.2) is 40.2 Å². The lowest BCUT2D eigenvalue weighted by atomic mass is 10.3. The summed E-state index contributed by atoms with van der Waals surface area (Å²) in [7, 11) is 2.12. The van der Waals surface area contributed by atoms with Crippen molar-refractivity contribution in [3.8, 4) is 0 Å². The Balaban J connectivity index is 0.000000396. The van der Waals surface area contributed by atoms with E-state index in [1.54, 1.807) is 0 Å². The van der Waals surface area contributed by atoms with Gasteiger partial charge in [-0.25, -0.2) is 0 Å². The molecule has 2 aliphatic rings. The fraction of sp³-hybridized carbons (Fsp3) is 1.00. The third kappa shape index (κ3) is 2.55. The van der Waals surface area contributed by atoms with Gasteiger partial charge in [-0.2, -0.15) is 0 Å². The molecule has 2 rings (SSSR count). The van der Waals surface area contributed by atoms with E-state index in [4.69, 9.17) is 5.73 Å². The van der Waals surface area contributed by atoms with Crippen LogP contribution in [0.3, 0.4) is 0 Å². The molecule has 0 aromatic heterocycles. The van der Waals surface area contributed by atoms with E-state index in [1.165, 1.54) is 24.5 Å². The van der Waals surface area contributed by atoms with E-state index in [1.807, 2.05) is 13.8 Å². The molecule has 2 N–H and O–H groups in total. The molecule has 2 saturated heterocycles. The molecular weight excluding hydrogens is 200 g/mol. The quantitative estimate of drug-likeness (QED) is 0.674. The molecule has 0 aliphatic carbocycles. The van der Waals surface area contributed by atoms with Gasteiger partial charge in [-0.15, -0.1) is 23.5 Å². The molecule has 0 aromatic rings. The Kier molecular flexibility index (Phi) is 4.42. The molecule has 2 heterocycles. The molecule has 13 heavy (non-hydrogen) atoms. The zero-order valence-electron chi connectivity index (χ0n) is 8.75. The van der Waals surface area contributed by atoms with Crippen LogP contribution in [0.1, 0.15) is 20.3 Å². The van der Waals surface area contributed by atoms with Gasteiger partial charge in [0.2, 0.25) is 0 Å². The Morgan fingerprint density at radius 1 is 1.31 bits per heavy atom. The number of likely N-dealkylation sites (tertiary alicyclic amines) is 1. The lowest BCUT2D eigenvalue weighted by Crippen LogP contribution is -2.32. The molecule has 2 fully saturated rings. The van der Waals surface area contributed by atoms with E-state index in [9.17, 15) is 0 Å². The number of nitrogens with zero attached hydrogens (tertiary/aromatic N) is 1. The first-order valence-corrected chi connectivity index (χ1v) is 6.93. The second-order valence-electron chi connectivity index (χ2n) is 3.29. The monoisotopic (exact) mass is 220 g/mol. The summed E-state index contributed by atoms with van der Waals surface area (Å²) in [4.78, 5) is 2.27. The summed E-state index contributed by atoms with van der Waals surface area (Å²) in [5, 5.41) is 0. The summed E-state index contributed by atoms with van der Waals surface area (Å²) in [6.07, 6.45) is 1.46. The summed E-state index contributed by atoms with van der Waals surface area (Å²) >= 11 is 4.20. The van der Waals surface area contributed by atoms with Crippen molar-refractivity contribution in [2.24, 2.45) is 5.73 Å². The van der Waals surface area contributed by atoms with Crippen LogP contribution in [0.15, 0.2) is 0 Å². The average Bonchev–Trinajstić information content (AvgIpc) is 2.66. The molecule has 1 atom stereocenters. The molecule has 2 nitrogen and oxygen atoms in total. The minimum atomic E-state index is 0.299. The third-order valence-corrected chi connectivity index (χ3v) is 5.82. The number of rotatable bonds is 0. The van der Waals surface area contributed by atoms with Crippen molar-refractivity contribution < 1.29 is 0 Å². The van der Waals surface area contributed by atoms with E-state index in [0.717, 1.165) is 0 Å². The van der Waals surface area contributed by atoms with Crippen molar-refractivity contribution in [3.63, 3.8) is 0 Å². The van der Waals surface area contributed by atoms with Crippen LogP contribution in [0.2, 0.25) is 0 Å². The zero-order chi connectivity index (χ0) is 9.90. The Hall–Kier alpha value is 0.620. The lowest BCUT2D eigenvalue weighted by molar-refractivity contribution is 0.318. The molecule has 0 radical (unpaired) electrons. The first-order valence-electron chi connectivity index (χ1n) is 4.96. The predicted molar refractivity (Wildman–Crippen MR) is 64.2 cm³/mol. The van der Waals surface area contributed by atoms with Gasteiger partial charge in [-0.1, -0.05) is 13.8 Å². The van der Waals surface area contributed by atoms with E-state index >= 15 is 0 Å². The lowest BCUT2D eigenvalue weighted by Gasteiger charge is -2.19. The van der Waals surface area contributed by atoms with Crippen molar-refractivity contribution in [2.45, 2.75) is 30.5 Å². The van der Waals surface area contributed by atoms with Gasteiger partial charge in [0.05, 0.1) is 10.2 Å². The summed E-state index contributed by atoms with van der Waals surface area (Å²) in [5.74, 6) is 2.62. The fourth-order valence-electron chi connectivity index (χ4n) is 1.74. The summed E-state index contributed by atoms with van der Waals surface area (Å²) < 4.78 is 0.466. The predicted octanol–water partition coefficient (Wildman–Crippen LogP) is 1.81.